The van der Waals surface area contributed by atoms with Crippen LogP contribution in [-0.2, 0) is 0 Å². The second-order valence-corrected chi connectivity index (χ2v) is 4.41. The number of carbonyl (C=O) groups excluding carboxylic acids is 1. The third-order valence-electron chi connectivity index (χ3n) is 3.03. The minimum absolute atomic E-state index is 0.345. The van der Waals surface area contributed by atoms with Crippen LogP contribution in [0.1, 0.15) is 16.1 Å². The molecule has 0 saturated carbocycles. The van der Waals surface area contributed by atoms with E-state index in [0.717, 1.165) is 11.8 Å². The largest absolute Gasteiger partial charge is 0.297 e. The van der Waals surface area contributed by atoms with E-state index < -0.39 is 0 Å². The van der Waals surface area contributed by atoms with Crippen LogP contribution in [0, 0.1) is 12.7 Å². The Morgan fingerprint density at radius 2 is 2.11 bits per heavy atom. The Balaban J connectivity index is 2.31. The SMILES string of the molecule is Cc1ccn2c(C=O)c(-c3cccc(F)c3)nc2c1. The van der Waals surface area contributed by atoms with E-state index in [4.69, 9.17) is 0 Å². The zero-order valence-electron chi connectivity index (χ0n) is 10.3. The van der Waals surface area contributed by atoms with E-state index in [-0.39, 0.29) is 5.82 Å². The number of rotatable bonds is 2. The lowest BCUT2D eigenvalue weighted by Gasteiger charge is -1.99. The number of aromatic nitrogens is 2. The number of halogens is 1. The highest BCUT2D eigenvalue weighted by molar-refractivity contribution is 5.86. The second-order valence-electron chi connectivity index (χ2n) is 4.41. The van der Waals surface area contributed by atoms with Gasteiger partial charge in [0.15, 0.2) is 6.29 Å². The van der Waals surface area contributed by atoms with Crippen LogP contribution < -0.4 is 0 Å². The number of hydrogen-bond acceptors (Lipinski definition) is 2. The molecule has 0 N–H and O–H groups in total. The standard InChI is InChI=1S/C15H11FN2O/c1-10-5-6-18-13(9-19)15(17-14(18)7-10)11-3-2-4-12(16)8-11/h2-9H,1H3. The molecule has 0 aliphatic rings. The molecule has 4 heteroatoms. The zero-order chi connectivity index (χ0) is 13.4. The van der Waals surface area contributed by atoms with Gasteiger partial charge in [0.05, 0.1) is 0 Å². The minimum Gasteiger partial charge on any atom is -0.297 e. The third kappa shape index (κ3) is 1.91. The average Bonchev–Trinajstić information content (AvgIpc) is 2.76. The van der Waals surface area contributed by atoms with Gasteiger partial charge in [-0.2, -0.15) is 0 Å². The third-order valence-corrected chi connectivity index (χ3v) is 3.03. The van der Waals surface area contributed by atoms with Crippen LogP contribution >= 0.6 is 0 Å². The van der Waals surface area contributed by atoms with E-state index in [9.17, 15) is 9.18 Å². The van der Waals surface area contributed by atoms with Crippen LogP contribution in [0.4, 0.5) is 4.39 Å². The molecule has 0 radical (unpaired) electrons. The quantitative estimate of drug-likeness (QED) is 0.658. The summed E-state index contributed by atoms with van der Waals surface area (Å²) in [6.07, 6.45) is 2.54. The first-order valence-corrected chi connectivity index (χ1v) is 5.89. The Morgan fingerprint density at radius 1 is 1.26 bits per heavy atom. The van der Waals surface area contributed by atoms with Gasteiger partial charge in [-0.15, -0.1) is 0 Å². The molecule has 0 fully saturated rings. The first-order chi connectivity index (χ1) is 9.19. The number of hydrogen-bond donors (Lipinski definition) is 0. The Labute approximate surface area is 109 Å². The number of pyridine rings is 1. The van der Waals surface area contributed by atoms with Crippen molar-refractivity contribution in [3.05, 3.63) is 59.7 Å². The van der Waals surface area contributed by atoms with E-state index in [1.54, 1.807) is 22.7 Å². The lowest BCUT2D eigenvalue weighted by Crippen LogP contribution is -1.92. The van der Waals surface area contributed by atoms with Gasteiger partial charge in [-0.25, -0.2) is 9.37 Å². The van der Waals surface area contributed by atoms with E-state index in [1.807, 2.05) is 19.1 Å². The van der Waals surface area contributed by atoms with Gasteiger partial charge in [0.25, 0.3) is 0 Å². The molecular weight excluding hydrogens is 243 g/mol. The van der Waals surface area contributed by atoms with Gasteiger partial charge in [0.2, 0.25) is 0 Å². The molecule has 0 bridgehead atoms. The maximum atomic E-state index is 13.3. The van der Waals surface area contributed by atoms with Crippen molar-refractivity contribution in [2.24, 2.45) is 0 Å². The van der Waals surface area contributed by atoms with Gasteiger partial charge in [0.1, 0.15) is 22.9 Å². The van der Waals surface area contributed by atoms with Crippen molar-refractivity contribution in [3.63, 3.8) is 0 Å². The molecule has 0 unspecified atom stereocenters. The number of benzene rings is 1. The highest BCUT2D eigenvalue weighted by Crippen LogP contribution is 2.24. The van der Waals surface area contributed by atoms with Gasteiger partial charge < -0.3 is 0 Å². The normalized spacial score (nSPS) is 10.8. The summed E-state index contributed by atoms with van der Waals surface area (Å²) >= 11 is 0. The van der Waals surface area contributed by atoms with Crippen LogP contribution in [-0.4, -0.2) is 15.7 Å². The first-order valence-electron chi connectivity index (χ1n) is 5.89. The van der Waals surface area contributed by atoms with Crippen LogP contribution in [0.15, 0.2) is 42.6 Å². The van der Waals surface area contributed by atoms with Gasteiger partial charge in [-0.3, -0.25) is 9.20 Å². The van der Waals surface area contributed by atoms with Crippen molar-refractivity contribution in [2.45, 2.75) is 6.92 Å². The molecule has 94 valence electrons. The van der Waals surface area contributed by atoms with E-state index in [0.29, 0.717) is 22.6 Å². The molecule has 0 saturated heterocycles. The summed E-state index contributed by atoms with van der Waals surface area (Å²) in [5.74, 6) is -0.345. The number of nitrogens with zero attached hydrogens (tertiary/aromatic N) is 2. The van der Waals surface area contributed by atoms with Crippen molar-refractivity contribution in [2.75, 3.05) is 0 Å². The summed E-state index contributed by atoms with van der Waals surface area (Å²) in [5, 5.41) is 0. The maximum absolute atomic E-state index is 13.3. The van der Waals surface area contributed by atoms with Crippen molar-refractivity contribution in [1.29, 1.82) is 0 Å². The highest BCUT2D eigenvalue weighted by Gasteiger charge is 2.13. The first kappa shape index (κ1) is 11.6. The molecule has 2 heterocycles. The molecule has 0 atom stereocenters. The molecule has 0 amide bonds. The van der Waals surface area contributed by atoms with Crippen LogP contribution in [0.25, 0.3) is 16.9 Å². The molecule has 0 spiro atoms. The molecule has 0 aliphatic carbocycles. The van der Waals surface area contributed by atoms with Crippen molar-refractivity contribution in [1.82, 2.24) is 9.38 Å². The van der Waals surface area contributed by atoms with Gasteiger partial charge in [0, 0.05) is 11.8 Å². The lowest BCUT2D eigenvalue weighted by atomic mass is 10.1. The fourth-order valence-corrected chi connectivity index (χ4v) is 2.13. The fourth-order valence-electron chi connectivity index (χ4n) is 2.13. The van der Waals surface area contributed by atoms with Crippen LogP contribution in [0.5, 0.6) is 0 Å². The second kappa shape index (κ2) is 4.31. The predicted octanol–water partition coefficient (Wildman–Crippen LogP) is 3.26. The molecule has 3 rings (SSSR count). The van der Waals surface area contributed by atoms with Gasteiger partial charge >= 0.3 is 0 Å². The van der Waals surface area contributed by atoms with Gasteiger partial charge in [-0.1, -0.05) is 12.1 Å². The molecule has 2 aromatic heterocycles. The van der Waals surface area contributed by atoms with E-state index in [2.05, 4.69) is 4.98 Å². The molecule has 0 aliphatic heterocycles. The van der Waals surface area contributed by atoms with Gasteiger partial charge in [-0.05, 0) is 36.8 Å². The molecule has 3 aromatic rings. The monoisotopic (exact) mass is 254 g/mol. The van der Waals surface area contributed by atoms with Crippen molar-refractivity contribution in [3.8, 4) is 11.3 Å². The van der Waals surface area contributed by atoms with Crippen molar-refractivity contribution < 1.29 is 9.18 Å². The molecule has 19 heavy (non-hydrogen) atoms. The average molecular weight is 254 g/mol. The Bertz CT molecular complexity index is 777. The maximum Gasteiger partial charge on any atom is 0.169 e. The zero-order valence-corrected chi connectivity index (χ0v) is 10.3. The summed E-state index contributed by atoms with van der Waals surface area (Å²) < 4.78 is 15.0. The molecule has 3 nitrogen and oxygen atoms in total. The predicted molar refractivity (Wildman–Crippen MR) is 70.7 cm³/mol. The van der Waals surface area contributed by atoms with Crippen molar-refractivity contribution >= 4 is 11.9 Å². The number of fused-ring (bicyclic) bond motifs is 1. The Hall–Kier alpha value is -2.49. The topological polar surface area (TPSA) is 34.4 Å². The summed E-state index contributed by atoms with van der Waals surface area (Å²) in [7, 11) is 0. The van der Waals surface area contributed by atoms with Crippen LogP contribution in [0.2, 0.25) is 0 Å². The molecule has 1 aromatic carbocycles. The molecular formula is C15H11FN2O. The van der Waals surface area contributed by atoms with E-state index >= 15 is 0 Å². The summed E-state index contributed by atoms with van der Waals surface area (Å²) in [6, 6.07) is 9.87. The number of carbonyl (C=O) groups is 1. The minimum atomic E-state index is -0.345. The Kier molecular flexibility index (Phi) is 2.63. The lowest BCUT2D eigenvalue weighted by molar-refractivity contribution is 0.111. The number of imidazole rings is 1. The van der Waals surface area contributed by atoms with Crippen LogP contribution in [0.3, 0.4) is 0 Å². The summed E-state index contributed by atoms with van der Waals surface area (Å²) in [5.41, 5.74) is 3.27. The summed E-state index contributed by atoms with van der Waals surface area (Å²) in [4.78, 5) is 15.7. The van der Waals surface area contributed by atoms with E-state index in [1.165, 1.54) is 12.1 Å². The highest BCUT2D eigenvalue weighted by atomic mass is 19.1. The smallest absolute Gasteiger partial charge is 0.169 e. The number of aryl methyl sites for hydroxylation is 1. The fraction of sp³-hybridized carbons (Fsp3) is 0.0667. The number of aldehydes is 1. The Morgan fingerprint density at radius 3 is 2.84 bits per heavy atom. The summed E-state index contributed by atoms with van der Waals surface area (Å²) in [6.45, 7) is 1.96.